The third kappa shape index (κ3) is 4.36. The van der Waals surface area contributed by atoms with Crippen molar-refractivity contribution in [3.63, 3.8) is 0 Å². The molecule has 5 N–H and O–H groups in total. The number of aliphatic hydroxyl groups excluding tert-OH is 2. The number of carbonyl (C=O) groups excluding carboxylic acids is 1. The van der Waals surface area contributed by atoms with Crippen molar-refractivity contribution in [2.45, 2.75) is 37.9 Å². The van der Waals surface area contributed by atoms with Crippen LogP contribution in [0.5, 0.6) is 0 Å². The third-order valence-corrected chi connectivity index (χ3v) is 6.84. The molecule has 5 aromatic rings. The van der Waals surface area contributed by atoms with Gasteiger partial charge >= 0.3 is 0 Å². The first-order chi connectivity index (χ1) is 18.5. The number of aryl methyl sites for hydroxylation is 1. The smallest absolute Gasteiger partial charge is 0.251 e. The summed E-state index contributed by atoms with van der Waals surface area (Å²) in [5, 5.41) is 27.8. The highest BCUT2D eigenvalue weighted by molar-refractivity contribution is 5.98. The lowest BCUT2D eigenvalue weighted by Crippen LogP contribution is -2.46. The lowest BCUT2D eigenvalue weighted by atomic mass is 10.1. The molecule has 0 unspecified atom stereocenters. The molecule has 194 valence electrons. The molecule has 1 saturated heterocycles. The number of hydrogen-bond acceptors (Lipinski definition) is 8. The number of anilines is 1. The van der Waals surface area contributed by atoms with Crippen molar-refractivity contribution in [1.29, 1.82) is 0 Å². The number of hydrogen-bond donors (Lipinski definition) is 5. The average Bonchev–Trinajstić information content (AvgIpc) is 3.65. The van der Waals surface area contributed by atoms with Gasteiger partial charge in [0.25, 0.3) is 5.91 Å². The molecule has 1 amide bonds. The monoisotopic (exact) mass is 513 g/mol. The Morgan fingerprint density at radius 3 is 2.89 bits per heavy atom. The maximum absolute atomic E-state index is 13.2. The van der Waals surface area contributed by atoms with E-state index in [4.69, 9.17) is 4.74 Å². The molecule has 0 spiro atoms. The molecule has 1 aliphatic heterocycles. The van der Waals surface area contributed by atoms with Gasteiger partial charge in [-0.05, 0) is 36.8 Å². The highest BCUT2D eigenvalue weighted by Gasteiger charge is 2.46. The number of ether oxygens (including phenoxy) is 1. The third-order valence-electron chi connectivity index (χ3n) is 6.84. The molecular formula is C27H27N7O4. The number of nitrogens with one attached hydrogen (secondary N) is 3. The van der Waals surface area contributed by atoms with Crippen molar-refractivity contribution >= 4 is 33.8 Å². The second kappa shape index (κ2) is 9.86. The van der Waals surface area contributed by atoms with Crippen LogP contribution in [0.1, 0.15) is 27.7 Å². The van der Waals surface area contributed by atoms with Gasteiger partial charge in [0.1, 0.15) is 24.6 Å². The van der Waals surface area contributed by atoms with E-state index in [1.807, 2.05) is 37.3 Å². The Hall–Kier alpha value is -4.32. The van der Waals surface area contributed by atoms with Gasteiger partial charge in [-0.15, -0.1) is 0 Å². The van der Waals surface area contributed by atoms with Crippen LogP contribution in [0.15, 0.2) is 67.4 Å². The molecule has 6 rings (SSSR count). The van der Waals surface area contributed by atoms with E-state index in [-0.39, 0.29) is 5.91 Å². The maximum Gasteiger partial charge on any atom is 0.251 e. The van der Waals surface area contributed by atoms with E-state index in [2.05, 4.69) is 36.6 Å². The fourth-order valence-electron chi connectivity index (χ4n) is 4.90. The molecule has 4 atom stereocenters. The standard InChI is InChI=1S/C27H27N7O4/c1-15-3-2-4-16(9-15)11-29-24-22-25(31-13-30-24)34(14-32-22)27-21(23(36)20(12-35)38-27)33-26(37)18-5-6-19-17(10-18)7-8-28-19/h2-10,13-14,20-21,23,27-28,35-36H,11-12H2,1H3,(H,33,37)(H,29,30,31)/t20-,21-,23-,27-/m1/s1. The average molecular weight is 514 g/mol. The molecule has 3 aromatic heterocycles. The van der Waals surface area contributed by atoms with Crippen LogP contribution in [0.2, 0.25) is 0 Å². The molecule has 0 bridgehead atoms. The van der Waals surface area contributed by atoms with Crippen LogP contribution >= 0.6 is 0 Å². The summed E-state index contributed by atoms with van der Waals surface area (Å²) in [4.78, 5) is 29.5. The summed E-state index contributed by atoms with van der Waals surface area (Å²) in [5.74, 6) is 0.178. The Kier molecular flexibility index (Phi) is 6.24. The zero-order valence-electron chi connectivity index (χ0n) is 20.6. The second-order valence-electron chi connectivity index (χ2n) is 9.41. The predicted molar refractivity (Wildman–Crippen MR) is 140 cm³/mol. The first-order valence-corrected chi connectivity index (χ1v) is 12.3. The van der Waals surface area contributed by atoms with Gasteiger partial charge in [-0.2, -0.15) is 0 Å². The first kappa shape index (κ1) is 24.0. The Balaban J connectivity index is 1.28. The number of amides is 1. The van der Waals surface area contributed by atoms with E-state index in [0.717, 1.165) is 22.0 Å². The fraction of sp³-hybridized carbons (Fsp3) is 0.259. The zero-order chi connectivity index (χ0) is 26.2. The number of nitrogens with zero attached hydrogens (tertiary/aromatic N) is 4. The van der Waals surface area contributed by atoms with Crippen LogP contribution in [0, 0.1) is 6.92 Å². The highest BCUT2D eigenvalue weighted by Crippen LogP contribution is 2.32. The molecular weight excluding hydrogens is 486 g/mol. The summed E-state index contributed by atoms with van der Waals surface area (Å²) in [5.41, 5.74) is 4.61. The maximum atomic E-state index is 13.2. The molecule has 2 aromatic carbocycles. The van der Waals surface area contributed by atoms with Gasteiger partial charge in [-0.1, -0.05) is 29.8 Å². The van der Waals surface area contributed by atoms with Crippen molar-refractivity contribution in [1.82, 2.24) is 29.8 Å². The molecule has 11 nitrogen and oxygen atoms in total. The molecule has 0 radical (unpaired) electrons. The highest BCUT2D eigenvalue weighted by atomic mass is 16.5. The number of rotatable bonds is 7. The van der Waals surface area contributed by atoms with E-state index in [9.17, 15) is 15.0 Å². The quantitative estimate of drug-likeness (QED) is 0.222. The minimum absolute atomic E-state index is 0.371. The second-order valence-corrected chi connectivity index (χ2v) is 9.41. The van der Waals surface area contributed by atoms with Gasteiger partial charge in [-0.3, -0.25) is 9.36 Å². The molecule has 38 heavy (non-hydrogen) atoms. The lowest BCUT2D eigenvalue weighted by Gasteiger charge is -2.23. The van der Waals surface area contributed by atoms with E-state index in [1.54, 1.807) is 29.2 Å². The topological polar surface area (TPSA) is 150 Å². The number of H-pyrrole nitrogens is 1. The van der Waals surface area contributed by atoms with Crippen molar-refractivity contribution in [3.05, 3.63) is 84.1 Å². The zero-order valence-corrected chi connectivity index (χ0v) is 20.6. The number of fused-ring (bicyclic) bond motifs is 2. The van der Waals surface area contributed by atoms with Gasteiger partial charge in [0.15, 0.2) is 23.2 Å². The number of carbonyl (C=O) groups is 1. The van der Waals surface area contributed by atoms with Crippen LogP contribution in [0.4, 0.5) is 5.82 Å². The van der Waals surface area contributed by atoms with E-state index in [0.29, 0.717) is 29.1 Å². The number of aliphatic hydroxyl groups is 2. The molecule has 11 heteroatoms. The SMILES string of the molecule is Cc1cccc(CNc2ncnc3c2ncn3[C@@H]2O[C@H](CO)[C@@H](O)[C@H]2NC(=O)c2ccc3[nH]ccc3c2)c1. The fourth-order valence-corrected chi connectivity index (χ4v) is 4.90. The van der Waals surface area contributed by atoms with Gasteiger partial charge in [0.05, 0.1) is 12.9 Å². The number of imidazole rings is 1. The Morgan fingerprint density at radius 1 is 1.16 bits per heavy atom. The summed E-state index contributed by atoms with van der Waals surface area (Å²) in [6.45, 7) is 2.18. The number of aromatic nitrogens is 5. The van der Waals surface area contributed by atoms with Crippen LogP contribution in [-0.2, 0) is 11.3 Å². The van der Waals surface area contributed by atoms with Gasteiger partial charge < -0.3 is 30.6 Å². The van der Waals surface area contributed by atoms with Crippen molar-refractivity contribution in [2.24, 2.45) is 0 Å². The Bertz CT molecular complexity index is 1610. The molecule has 1 fully saturated rings. The summed E-state index contributed by atoms with van der Waals surface area (Å²) < 4.78 is 7.63. The minimum atomic E-state index is -1.15. The number of aromatic amines is 1. The number of benzene rings is 2. The Morgan fingerprint density at radius 2 is 2.05 bits per heavy atom. The van der Waals surface area contributed by atoms with Crippen LogP contribution in [-0.4, -0.2) is 65.5 Å². The summed E-state index contributed by atoms with van der Waals surface area (Å²) in [7, 11) is 0. The van der Waals surface area contributed by atoms with Gasteiger partial charge in [-0.25, -0.2) is 15.0 Å². The van der Waals surface area contributed by atoms with Crippen LogP contribution in [0.3, 0.4) is 0 Å². The van der Waals surface area contributed by atoms with E-state index >= 15 is 0 Å². The van der Waals surface area contributed by atoms with Crippen LogP contribution < -0.4 is 10.6 Å². The molecule has 0 saturated carbocycles. The lowest BCUT2D eigenvalue weighted by molar-refractivity contribution is -0.0440. The molecule has 1 aliphatic rings. The predicted octanol–water partition coefficient (Wildman–Crippen LogP) is 2.28. The summed E-state index contributed by atoms with van der Waals surface area (Å²) in [6.07, 6.45) is 1.87. The molecule has 4 heterocycles. The van der Waals surface area contributed by atoms with Gasteiger partial charge in [0.2, 0.25) is 0 Å². The molecule has 0 aliphatic carbocycles. The minimum Gasteiger partial charge on any atom is -0.394 e. The van der Waals surface area contributed by atoms with Crippen molar-refractivity contribution in [3.8, 4) is 0 Å². The normalized spacial score (nSPS) is 21.2. The van der Waals surface area contributed by atoms with Crippen molar-refractivity contribution < 1.29 is 19.7 Å². The largest absolute Gasteiger partial charge is 0.394 e. The van der Waals surface area contributed by atoms with E-state index < -0.39 is 31.1 Å². The summed E-state index contributed by atoms with van der Waals surface area (Å²) >= 11 is 0. The van der Waals surface area contributed by atoms with Crippen molar-refractivity contribution in [2.75, 3.05) is 11.9 Å². The van der Waals surface area contributed by atoms with Crippen LogP contribution in [0.25, 0.3) is 22.1 Å². The van der Waals surface area contributed by atoms with E-state index in [1.165, 1.54) is 6.33 Å². The summed E-state index contributed by atoms with van der Waals surface area (Å²) in [6, 6.07) is 14.5. The van der Waals surface area contributed by atoms with Gasteiger partial charge in [0, 0.05) is 29.2 Å². The Labute approximate surface area is 217 Å². The first-order valence-electron chi connectivity index (χ1n) is 12.3.